The summed E-state index contributed by atoms with van der Waals surface area (Å²) in [6, 6.07) is 5.47. The van der Waals surface area contributed by atoms with Crippen LogP contribution in [-0.2, 0) is 4.79 Å². The van der Waals surface area contributed by atoms with Gasteiger partial charge in [0.05, 0.1) is 23.3 Å². The zero-order chi connectivity index (χ0) is 18.6. The maximum atomic E-state index is 12.3. The molecule has 3 unspecified atom stereocenters. The van der Waals surface area contributed by atoms with Crippen LogP contribution >= 0.6 is 0 Å². The minimum absolute atomic E-state index is 0.108. The van der Waals surface area contributed by atoms with Crippen molar-refractivity contribution in [2.24, 2.45) is 0 Å². The van der Waals surface area contributed by atoms with E-state index in [0.717, 1.165) is 5.69 Å². The van der Waals surface area contributed by atoms with Crippen molar-refractivity contribution in [3.05, 3.63) is 57.9 Å². The van der Waals surface area contributed by atoms with E-state index in [1.165, 1.54) is 28.9 Å². The number of nitro benzene ring substituents is 1. The Bertz CT molecular complexity index is 743. The number of nitro groups is 1. The van der Waals surface area contributed by atoms with Gasteiger partial charge in [0.2, 0.25) is 5.91 Å². The van der Waals surface area contributed by atoms with Crippen LogP contribution < -0.4 is 5.32 Å². The molecule has 9 heteroatoms. The van der Waals surface area contributed by atoms with Crippen molar-refractivity contribution in [1.29, 1.82) is 0 Å². The molecule has 0 saturated carbocycles. The monoisotopic (exact) mass is 348 g/mol. The highest BCUT2D eigenvalue weighted by Crippen LogP contribution is 2.21. The van der Waals surface area contributed by atoms with Crippen molar-refractivity contribution in [2.45, 2.75) is 32.0 Å². The molecule has 0 saturated heterocycles. The van der Waals surface area contributed by atoms with Gasteiger partial charge in [0.15, 0.2) is 0 Å². The van der Waals surface area contributed by atoms with E-state index in [0.29, 0.717) is 5.56 Å². The highest BCUT2D eigenvalue weighted by Gasteiger charge is 2.25. The molecule has 1 amide bonds. The van der Waals surface area contributed by atoms with Crippen LogP contribution in [0.25, 0.3) is 0 Å². The van der Waals surface area contributed by atoms with Gasteiger partial charge in [-0.15, -0.1) is 0 Å². The van der Waals surface area contributed by atoms with Gasteiger partial charge < -0.3 is 15.5 Å². The van der Waals surface area contributed by atoms with Crippen molar-refractivity contribution in [3.8, 4) is 0 Å². The van der Waals surface area contributed by atoms with Gasteiger partial charge in [-0.05, 0) is 37.6 Å². The van der Waals surface area contributed by atoms with Gasteiger partial charge in [0.1, 0.15) is 12.1 Å². The van der Waals surface area contributed by atoms with Crippen LogP contribution in [0.5, 0.6) is 0 Å². The minimum Gasteiger partial charge on any atom is -0.394 e. The number of aromatic nitrogens is 2. The van der Waals surface area contributed by atoms with E-state index >= 15 is 0 Å². The number of non-ortho nitro benzene ring substituents is 1. The molecule has 0 aliphatic heterocycles. The molecule has 2 aromatic rings. The lowest BCUT2D eigenvalue weighted by atomic mass is 10.0. The average molecular weight is 348 g/mol. The zero-order valence-corrected chi connectivity index (χ0v) is 13.9. The lowest BCUT2D eigenvalue weighted by Crippen LogP contribution is -2.44. The van der Waals surface area contributed by atoms with E-state index < -0.39 is 35.6 Å². The summed E-state index contributed by atoms with van der Waals surface area (Å²) in [5.74, 6) is -0.414. The SMILES string of the molecule is Cc1ccn(C(C)C(=O)NC(CO)C(O)c2ccc([N+](=O)[O-])cc2)n1. The van der Waals surface area contributed by atoms with Crippen LogP contribution in [0, 0.1) is 17.0 Å². The number of aliphatic hydroxyl groups excluding tert-OH is 2. The number of carbonyl (C=O) groups is 1. The molecule has 1 heterocycles. The first-order chi connectivity index (χ1) is 11.8. The Morgan fingerprint density at radius 1 is 1.36 bits per heavy atom. The Morgan fingerprint density at radius 2 is 2.00 bits per heavy atom. The summed E-state index contributed by atoms with van der Waals surface area (Å²) < 4.78 is 1.48. The Morgan fingerprint density at radius 3 is 2.48 bits per heavy atom. The Balaban J connectivity index is 2.07. The molecule has 0 fully saturated rings. The average Bonchev–Trinajstić information content (AvgIpc) is 3.04. The van der Waals surface area contributed by atoms with Crippen LogP contribution in [0.3, 0.4) is 0 Å². The largest absolute Gasteiger partial charge is 0.394 e. The maximum Gasteiger partial charge on any atom is 0.269 e. The smallest absolute Gasteiger partial charge is 0.269 e. The fraction of sp³-hybridized carbons (Fsp3) is 0.375. The van der Waals surface area contributed by atoms with Gasteiger partial charge in [0.25, 0.3) is 5.69 Å². The topological polar surface area (TPSA) is 131 Å². The number of rotatable bonds is 7. The van der Waals surface area contributed by atoms with E-state index in [-0.39, 0.29) is 5.69 Å². The van der Waals surface area contributed by atoms with Crippen LogP contribution in [0.2, 0.25) is 0 Å². The molecular weight excluding hydrogens is 328 g/mol. The van der Waals surface area contributed by atoms with E-state index in [2.05, 4.69) is 10.4 Å². The Kier molecular flexibility index (Phi) is 5.84. The van der Waals surface area contributed by atoms with Crippen molar-refractivity contribution in [2.75, 3.05) is 6.61 Å². The second-order valence-corrected chi connectivity index (χ2v) is 5.70. The van der Waals surface area contributed by atoms with Crippen molar-refractivity contribution in [3.63, 3.8) is 0 Å². The molecule has 134 valence electrons. The normalized spacial score (nSPS) is 14.6. The van der Waals surface area contributed by atoms with Gasteiger partial charge >= 0.3 is 0 Å². The van der Waals surface area contributed by atoms with Crippen LogP contribution in [0.15, 0.2) is 36.5 Å². The lowest BCUT2D eigenvalue weighted by molar-refractivity contribution is -0.384. The molecule has 3 N–H and O–H groups in total. The number of hydrogen-bond donors (Lipinski definition) is 3. The summed E-state index contributed by atoms with van der Waals surface area (Å²) in [5, 5.41) is 37.3. The molecule has 25 heavy (non-hydrogen) atoms. The summed E-state index contributed by atoms with van der Waals surface area (Å²) in [6.45, 7) is 2.96. The number of nitrogens with zero attached hydrogens (tertiary/aromatic N) is 3. The zero-order valence-electron chi connectivity index (χ0n) is 13.9. The highest BCUT2D eigenvalue weighted by molar-refractivity contribution is 5.80. The van der Waals surface area contributed by atoms with Crippen LogP contribution in [-0.4, -0.2) is 43.5 Å². The number of aliphatic hydroxyl groups is 2. The van der Waals surface area contributed by atoms with Crippen LogP contribution in [0.1, 0.15) is 30.3 Å². The third kappa shape index (κ3) is 4.40. The molecule has 2 rings (SSSR count). The van der Waals surface area contributed by atoms with Crippen LogP contribution in [0.4, 0.5) is 5.69 Å². The van der Waals surface area contributed by atoms with Gasteiger partial charge in [0, 0.05) is 18.3 Å². The second-order valence-electron chi connectivity index (χ2n) is 5.70. The Labute approximate surface area is 144 Å². The molecule has 1 aromatic heterocycles. The maximum absolute atomic E-state index is 12.3. The van der Waals surface area contributed by atoms with Gasteiger partial charge in [-0.1, -0.05) is 0 Å². The van der Waals surface area contributed by atoms with Gasteiger partial charge in [-0.25, -0.2) is 0 Å². The number of benzene rings is 1. The quantitative estimate of drug-likeness (QED) is 0.503. The summed E-state index contributed by atoms with van der Waals surface area (Å²) in [4.78, 5) is 22.4. The molecule has 0 radical (unpaired) electrons. The van der Waals surface area contributed by atoms with Crippen molar-refractivity contribution < 1.29 is 19.9 Å². The van der Waals surface area contributed by atoms with E-state index in [9.17, 15) is 25.1 Å². The molecular formula is C16H20N4O5. The molecule has 3 atom stereocenters. The molecule has 0 bridgehead atoms. The number of hydrogen-bond acceptors (Lipinski definition) is 6. The summed E-state index contributed by atoms with van der Waals surface area (Å²) in [7, 11) is 0. The summed E-state index contributed by atoms with van der Waals surface area (Å²) in [6.07, 6.45) is 0.460. The molecule has 0 aliphatic carbocycles. The number of aryl methyl sites for hydroxylation is 1. The summed E-state index contributed by atoms with van der Waals surface area (Å²) >= 11 is 0. The number of amides is 1. The molecule has 9 nitrogen and oxygen atoms in total. The second kappa shape index (κ2) is 7.86. The first kappa shape index (κ1) is 18.6. The molecule has 0 aliphatic rings. The predicted molar refractivity (Wildman–Crippen MR) is 88.7 cm³/mol. The fourth-order valence-electron chi connectivity index (χ4n) is 2.32. The third-order valence-corrected chi connectivity index (χ3v) is 3.87. The van der Waals surface area contributed by atoms with Gasteiger partial charge in [-0.3, -0.25) is 19.6 Å². The van der Waals surface area contributed by atoms with E-state index in [1.807, 2.05) is 0 Å². The van der Waals surface area contributed by atoms with Crippen molar-refractivity contribution in [1.82, 2.24) is 15.1 Å². The standard InChI is InChI=1S/C16H20N4O5/c1-10-7-8-19(18-10)11(2)16(23)17-14(9-21)15(22)12-3-5-13(6-4-12)20(24)25/h3-8,11,14-15,21-22H,9H2,1-2H3,(H,17,23). The molecule has 0 spiro atoms. The molecule has 1 aromatic carbocycles. The predicted octanol–water partition coefficient (Wildman–Crippen LogP) is 0.871. The Hall–Kier alpha value is -2.78. The minimum atomic E-state index is -1.21. The highest BCUT2D eigenvalue weighted by atomic mass is 16.6. The van der Waals surface area contributed by atoms with Crippen molar-refractivity contribution >= 4 is 11.6 Å². The lowest BCUT2D eigenvalue weighted by Gasteiger charge is -2.24. The third-order valence-electron chi connectivity index (χ3n) is 3.87. The first-order valence-electron chi connectivity index (χ1n) is 7.69. The number of carbonyl (C=O) groups excluding carboxylic acids is 1. The first-order valence-corrected chi connectivity index (χ1v) is 7.69. The van der Waals surface area contributed by atoms with Gasteiger partial charge in [-0.2, -0.15) is 5.10 Å². The van der Waals surface area contributed by atoms with E-state index in [1.54, 1.807) is 26.1 Å². The van der Waals surface area contributed by atoms with E-state index in [4.69, 9.17) is 0 Å². The number of nitrogens with one attached hydrogen (secondary N) is 1. The summed E-state index contributed by atoms with van der Waals surface area (Å²) in [5.41, 5.74) is 1.01. The fourth-order valence-corrected chi connectivity index (χ4v) is 2.32.